The molecule has 11 heteroatoms. The van der Waals surface area contributed by atoms with Crippen molar-refractivity contribution < 1.29 is 37.1 Å². The largest absolute Gasteiger partial charge is 0.573 e. The highest BCUT2D eigenvalue weighted by atomic mass is 19.4. The highest BCUT2D eigenvalue weighted by Gasteiger charge is 2.32. The van der Waals surface area contributed by atoms with Gasteiger partial charge < -0.3 is 19.5 Å². The molecule has 1 heterocycles. The number of nitrogens with zero attached hydrogens (tertiary/aromatic N) is 1. The number of fused-ring (bicyclic) bond motifs is 1. The monoisotopic (exact) mass is 398 g/mol. The zero-order chi connectivity index (χ0) is 20.3. The Morgan fingerprint density at radius 1 is 1.18 bits per heavy atom. The van der Waals surface area contributed by atoms with Crippen molar-refractivity contribution in [3.05, 3.63) is 57.6 Å². The lowest BCUT2D eigenvalue weighted by atomic mass is 10.1. The first-order valence-electron chi connectivity index (χ1n) is 7.94. The van der Waals surface area contributed by atoms with Crippen molar-refractivity contribution in [2.24, 2.45) is 0 Å². The molecule has 1 aliphatic heterocycles. The van der Waals surface area contributed by atoms with Crippen molar-refractivity contribution in [3.8, 4) is 17.2 Å². The van der Waals surface area contributed by atoms with E-state index in [4.69, 9.17) is 9.47 Å². The van der Waals surface area contributed by atoms with Crippen LogP contribution in [-0.4, -0.2) is 30.4 Å². The van der Waals surface area contributed by atoms with E-state index in [-0.39, 0.29) is 42.4 Å². The van der Waals surface area contributed by atoms with Gasteiger partial charge in [0.05, 0.1) is 11.0 Å². The molecule has 28 heavy (non-hydrogen) atoms. The fourth-order valence-corrected chi connectivity index (χ4v) is 2.56. The predicted octanol–water partition coefficient (Wildman–Crippen LogP) is 3.19. The van der Waals surface area contributed by atoms with Gasteiger partial charge in [-0.2, -0.15) is 0 Å². The molecular formula is C17H13F3N2O6. The summed E-state index contributed by atoms with van der Waals surface area (Å²) in [4.78, 5) is 23.0. The number of carbonyl (C=O) groups is 1. The van der Waals surface area contributed by atoms with Crippen LogP contribution in [0.1, 0.15) is 15.9 Å². The molecule has 0 bridgehead atoms. The van der Waals surface area contributed by atoms with E-state index in [0.717, 1.165) is 12.1 Å². The third kappa shape index (κ3) is 4.42. The highest BCUT2D eigenvalue weighted by molar-refractivity contribution is 5.99. The maximum atomic E-state index is 12.5. The second-order valence-electron chi connectivity index (χ2n) is 5.61. The number of hydrogen-bond donors (Lipinski definition) is 1. The van der Waals surface area contributed by atoms with Gasteiger partial charge in [0.25, 0.3) is 11.6 Å². The molecule has 0 atom stereocenters. The van der Waals surface area contributed by atoms with Crippen molar-refractivity contribution in [2.75, 3.05) is 13.2 Å². The minimum Gasteiger partial charge on any atom is -0.486 e. The molecule has 3 rings (SSSR count). The number of para-hydroxylation sites is 1. The Kier molecular flexibility index (Phi) is 5.25. The second kappa shape index (κ2) is 7.62. The average Bonchev–Trinajstić information content (AvgIpc) is 2.64. The summed E-state index contributed by atoms with van der Waals surface area (Å²) in [6.45, 7) is 0.0936. The van der Waals surface area contributed by atoms with Crippen LogP contribution in [0.3, 0.4) is 0 Å². The molecule has 1 amide bonds. The van der Waals surface area contributed by atoms with Gasteiger partial charge in [0, 0.05) is 18.2 Å². The van der Waals surface area contributed by atoms with Crippen molar-refractivity contribution in [3.63, 3.8) is 0 Å². The summed E-state index contributed by atoms with van der Waals surface area (Å²) in [5.74, 6) is -1.03. The molecule has 0 spiro atoms. The number of ether oxygens (including phenoxy) is 3. The lowest BCUT2D eigenvalue weighted by Crippen LogP contribution is -2.25. The first-order chi connectivity index (χ1) is 13.2. The van der Waals surface area contributed by atoms with Gasteiger partial charge in [-0.05, 0) is 6.07 Å². The van der Waals surface area contributed by atoms with Crippen LogP contribution in [0, 0.1) is 10.1 Å². The number of nitrogens with one attached hydrogen (secondary N) is 1. The van der Waals surface area contributed by atoms with Crippen LogP contribution < -0.4 is 19.5 Å². The Hall–Kier alpha value is -3.50. The van der Waals surface area contributed by atoms with E-state index in [1.54, 1.807) is 0 Å². The quantitative estimate of drug-likeness (QED) is 0.613. The zero-order valence-corrected chi connectivity index (χ0v) is 14.1. The topological polar surface area (TPSA) is 99.9 Å². The Morgan fingerprint density at radius 3 is 2.46 bits per heavy atom. The van der Waals surface area contributed by atoms with Gasteiger partial charge in [-0.3, -0.25) is 14.9 Å². The molecule has 0 unspecified atom stereocenters. The number of nitro benzene ring substituents is 1. The smallest absolute Gasteiger partial charge is 0.486 e. The van der Waals surface area contributed by atoms with Gasteiger partial charge in [0.2, 0.25) is 0 Å². The van der Waals surface area contributed by atoms with Crippen LogP contribution in [0.5, 0.6) is 17.2 Å². The summed E-state index contributed by atoms with van der Waals surface area (Å²) < 4.78 is 51.9. The number of rotatable bonds is 5. The highest BCUT2D eigenvalue weighted by Crippen LogP contribution is 2.36. The van der Waals surface area contributed by atoms with E-state index in [0.29, 0.717) is 0 Å². The Balaban J connectivity index is 1.82. The number of nitro groups is 1. The molecule has 148 valence electrons. The summed E-state index contributed by atoms with van der Waals surface area (Å²) in [6.07, 6.45) is -4.89. The standard InChI is InChI=1S/C17H13F3N2O6/c18-17(19,20)28-13-4-2-1-3-10(13)9-21-16(23)11-7-14-15(27-6-5-26-14)8-12(11)22(24)25/h1-4,7-8H,5-6,9H2,(H,21,23). The fraction of sp³-hybridized carbons (Fsp3) is 0.235. The molecule has 2 aromatic rings. The molecule has 0 radical (unpaired) electrons. The number of benzene rings is 2. The van der Waals surface area contributed by atoms with E-state index < -0.39 is 28.6 Å². The van der Waals surface area contributed by atoms with Gasteiger partial charge >= 0.3 is 6.36 Å². The second-order valence-corrected chi connectivity index (χ2v) is 5.61. The summed E-state index contributed by atoms with van der Waals surface area (Å²) >= 11 is 0. The van der Waals surface area contributed by atoms with Crippen LogP contribution >= 0.6 is 0 Å². The molecule has 0 aromatic heterocycles. The summed E-state index contributed by atoms with van der Waals surface area (Å²) in [7, 11) is 0. The number of amides is 1. The van der Waals surface area contributed by atoms with Crippen LogP contribution in [0.2, 0.25) is 0 Å². The molecular weight excluding hydrogens is 385 g/mol. The van der Waals surface area contributed by atoms with Crippen LogP contribution in [-0.2, 0) is 6.54 Å². The Labute approximate surface area is 156 Å². The third-order valence-electron chi connectivity index (χ3n) is 3.74. The third-order valence-corrected chi connectivity index (χ3v) is 3.74. The number of halogens is 3. The summed E-state index contributed by atoms with van der Waals surface area (Å²) in [5.41, 5.74) is -0.765. The number of carbonyl (C=O) groups excluding carboxylic acids is 1. The van der Waals surface area contributed by atoms with Crippen molar-refractivity contribution in [1.82, 2.24) is 5.32 Å². The van der Waals surface area contributed by atoms with E-state index in [9.17, 15) is 28.1 Å². The molecule has 2 aromatic carbocycles. The van der Waals surface area contributed by atoms with Gasteiger partial charge in [-0.1, -0.05) is 18.2 Å². The average molecular weight is 398 g/mol. The van der Waals surface area contributed by atoms with E-state index >= 15 is 0 Å². The van der Waals surface area contributed by atoms with Crippen LogP contribution in [0.15, 0.2) is 36.4 Å². The molecule has 8 nitrogen and oxygen atoms in total. The maximum Gasteiger partial charge on any atom is 0.573 e. The van der Waals surface area contributed by atoms with Crippen LogP contribution in [0.25, 0.3) is 0 Å². The van der Waals surface area contributed by atoms with E-state index in [1.165, 1.54) is 24.3 Å². The summed E-state index contributed by atoms with van der Waals surface area (Å²) in [6, 6.07) is 7.49. The van der Waals surface area contributed by atoms with Gasteiger partial charge in [-0.15, -0.1) is 13.2 Å². The molecule has 1 aliphatic rings. The number of alkyl halides is 3. The van der Waals surface area contributed by atoms with Gasteiger partial charge in [0.15, 0.2) is 11.5 Å². The number of hydrogen-bond acceptors (Lipinski definition) is 6. The van der Waals surface area contributed by atoms with Crippen molar-refractivity contribution in [2.45, 2.75) is 12.9 Å². The maximum absolute atomic E-state index is 12.5. The molecule has 1 N–H and O–H groups in total. The van der Waals surface area contributed by atoms with E-state index in [1.807, 2.05) is 0 Å². The molecule has 0 fully saturated rings. The summed E-state index contributed by atoms with van der Waals surface area (Å²) in [5, 5.41) is 13.6. The van der Waals surface area contributed by atoms with Gasteiger partial charge in [-0.25, -0.2) is 0 Å². The lowest BCUT2D eigenvalue weighted by molar-refractivity contribution is -0.385. The molecule has 0 aliphatic carbocycles. The normalized spacial score (nSPS) is 13.0. The minimum atomic E-state index is -4.89. The Morgan fingerprint density at radius 2 is 1.82 bits per heavy atom. The van der Waals surface area contributed by atoms with Gasteiger partial charge in [0.1, 0.15) is 24.5 Å². The lowest BCUT2D eigenvalue weighted by Gasteiger charge is -2.19. The molecule has 0 saturated carbocycles. The van der Waals surface area contributed by atoms with Crippen LogP contribution in [0.4, 0.5) is 18.9 Å². The van der Waals surface area contributed by atoms with Crippen molar-refractivity contribution >= 4 is 11.6 Å². The minimum absolute atomic E-state index is 0.0494. The predicted molar refractivity (Wildman–Crippen MR) is 88.4 cm³/mol. The zero-order valence-electron chi connectivity index (χ0n) is 14.1. The van der Waals surface area contributed by atoms with Crippen molar-refractivity contribution in [1.29, 1.82) is 0 Å². The first kappa shape index (κ1) is 19.3. The van der Waals surface area contributed by atoms with E-state index in [2.05, 4.69) is 10.1 Å². The fourth-order valence-electron chi connectivity index (χ4n) is 2.56. The molecule has 0 saturated heterocycles. The Bertz CT molecular complexity index is 916. The SMILES string of the molecule is O=C(NCc1ccccc1OC(F)(F)F)c1cc2c(cc1[N+](=O)[O-])OCCO2. The first-order valence-corrected chi connectivity index (χ1v) is 7.94.